The van der Waals surface area contributed by atoms with Crippen LogP contribution in [0.2, 0.25) is 0 Å². The standard InChI is InChI=1S/C14H23N3O2/c1-4-15-12-8-11(9-18-3)16-14(17-12)13(19-5-2)10-6-7-10/h8,10,13H,4-7,9H2,1-3H3,(H,15,16,17). The minimum Gasteiger partial charge on any atom is -0.378 e. The minimum atomic E-state index is 0.0270. The molecule has 0 radical (unpaired) electrons. The Morgan fingerprint density at radius 3 is 2.74 bits per heavy atom. The van der Waals surface area contributed by atoms with Crippen LogP contribution in [0.25, 0.3) is 0 Å². The van der Waals surface area contributed by atoms with Gasteiger partial charge in [-0.1, -0.05) is 0 Å². The van der Waals surface area contributed by atoms with Crippen LogP contribution < -0.4 is 5.32 Å². The van der Waals surface area contributed by atoms with Crippen LogP contribution in [0.3, 0.4) is 0 Å². The number of ether oxygens (including phenoxy) is 2. The molecular formula is C14H23N3O2. The second-order valence-electron chi connectivity index (χ2n) is 4.78. The number of aromatic nitrogens is 2. The van der Waals surface area contributed by atoms with Crippen molar-refractivity contribution in [2.45, 2.75) is 39.4 Å². The molecule has 1 aliphatic rings. The van der Waals surface area contributed by atoms with Crippen LogP contribution >= 0.6 is 0 Å². The molecule has 5 nitrogen and oxygen atoms in total. The smallest absolute Gasteiger partial charge is 0.160 e. The molecule has 1 saturated carbocycles. The predicted octanol–water partition coefficient (Wildman–Crippen LogP) is 2.54. The summed E-state index contributed by atoms with van der Waals surface area (Å²) in [6.07, 6.45) is 2.44. The number of rotatable bonds is 8. The second kappa shape index (κ2) is 6.82. The molecule has 2 rings (SSSR count). The Balaban J connectivity index is 2.24. The first kappa shape index (κ1) is 14.2. The molecule has 0 aromatic carbocycles. The summed E-state index contributed by atoms with van der Waals surface area (Å²) in [4.78, 5) is 9.17. The normalized spacial score (nSPS) is 16.4. The van der Waals surface area contributed by atoms with Crippen LogP contribution in [0, 0.1) is 5.92 Å². The van der Waals surface area contributed by atoms with E-state index in [4.69, 9.17) is 9.47 Å². The van der Waals surface area contributed by atoms with Gasteiger partial charge in [0.2, 0.25) is 0 Å². The van der Waals surface area contributed by atoms with E-state index in [9.17, 15) is 0 Å². The number of nitrogens with zero attached hydrogens (tertiary/aromatic N) is 2. The van der Waals surface area contributed by atoms with Crippen molar-refractivity contribution in [3.63, 3.8) is 0 Å². The number of hydrogen-bond acceptors (Lipinski definition) is 5. The van der Waals surface area contributed by atoms with E-state index in [1.807, 2.05) is 13.0 Å². The zero-order valence-corrected chi connectivity index (χ0v) is 12.0. The highest BCUT2D eigenvalue weighted by molar-refractivity contribution is 5.36. The maximum atomic E-state index is 5.82. The first-order valence-corrected chi connectivity index (χ1v) is 7.00. The third-order valence-electron chi connectivity index (χ3n) is 3.10. The topological polar surface area (TPSA) is 56.3 Å². The van der Waals surface area contributed by atoms with Crippen LogP contribution in [-0.2, 0) is 16.1 Å². The van der Waals surface area contributed by atoms with E-state index >= 15 is 0 Å². The van der Waals surface area contributed by atoms with Gasteiger partial charge in [0.1, 0.15) is 11.9 Å². The van der Waals surface area contributed by atoms with E-state index in [2.05, 4.69) is 22.2 Å². The summed E-state index contributed by atoms with van der Waals surface area (Å²) in [5.74, 6) is 2.21. The van der Waals surface area contributed by atoms with E-state index in [0.29, 0.717) is 19.1 Å². The summed E-state index contributed by atoms with van der Waals surface area (Å²) in [5.41, 5.74) is 0.897. The maximum absolute atomic E-state index is 5.82. The zero-order chi connectivity index (χ0) is 13.7. The highest BCUT2D eigenvalue weighted by Gasteiger charge is 2.35. The molecule has 0 amide bonds. The molecule has 1 atom stereocenters. The van der Waals surface area contributed by atoms with Gasteiger partial charge in [0, 0.05) is 26.3 Å². The Labute approximate surface area is 114 Å². The molecule has 0 aliphatic heterocycles. The van der Waals surface area contributed by atoms with Crippen molar-refractivity contribution < 1.29 is 9.47 Å². The van der Waals surface area contributed by atoms with E-state index in [-0.39, 0.29) is 6.10 Å². The molecule has 1 aromatic heterocycles. The van der Waals surface area contributed by atoms with E-state index < -0.39 is 0 Å². The molecule has 0 saturated heterocycles. The lowest BCUT2D eigenvalue weighted by molar-refractivity contribution is 0.0396. The first-order valence-electron chi connectivity index (χ1n) is 7.00. The van der Waals surface area contributed by atoms with Crippen molar-refractivity contribution in [2.24, 2.45) is 5.92 Å². The van der Waals surface area contributed by atoms with Crippen molar-refractivity contribution in [3.8, 4) is 0 Å². The fraction of sp³-hybridized carbons (Fsp3) is 0.714. The Hall–Kier alpha value is -1.20. The molecule has 1 fully saturated rings. The van der Waals surface area contributed by atoms with E-state index in [0.717, 1.165) is 23.9 Å². The number of methoxy groups -OCH3 is 1. The highest BCUT2D eigenvalue weighted by Crippen LogP contribution is 2.42. The lowest BCUT2D eigenvalue weighted by Gasteiger charge is -2.17. The van der Waals surface area contributed by atoms with Gasteiger partial charge in [-0.15, -0.1) is 0 Å². The lowest BCUT2D eigenvalue weighted by Crippen LogP contribution is -2.14. The molecule has 1 N–H and O–H groups in total. The van der Waals surface area contributed by atoms with Crippen molar-refractivity contribution in [1.82, 2.24) is 9.97 Å². The largest absolute Gasteiger partial charge is 0.378 e. The molecule has 5 heteroatoms. The first-order chi connectivity index (χ1) is 9.28. The molecule has 1 unspecified atom stereocenters. The minimum absolute atomic E-state index is 0.0270. The monoisotopic (exact) mass is 265 g/mol. The number of nitrogens with one attached hydrogen (secondary N) is 1. The van der Waals surface area contributed by atoms with Gasteiger partial charge in [-0.05, 0) is 32.6 Å². The number of anilines is 1. The van der Waals surface area contributed by atoms with Crippen LogP contribution in [-0.4, -0.2) is 30.2 Å². The summed E-state index contributed by atoms with van der Waals surface area (Å²) >= 11 is 0. The van der Waals surface area contributed by atoms with Crippen LogP contribution in [0.5, 0.6) is 0 Å². The van der Waals surface area contributed by atoms with Crippen LogP contribution in [0.1, 0.15) is 44.3 Å². The Bertz CT molecular complexity index is 383. The molecule has 0 spiro atoms. The van der Waals surface area contributed by atoms with Crippen LogP contribution in [0.15, 0.2) is 6.07 Å². The summed E-state index contributed by atoms with van der Waals surface area (Å²) < 4.78 is 11.0. The Morgan fingerprint density at radius 1 is 1.37 bits per heavy atom. The molecule has 1 heterocycles. The third kappa shape index (κ3) is 3.88. The van der Waals surface area contributed by atoms with Gasteiger partial charge in [-0.3, -0.25) is 0 Å². The highest BCUT2D eigenvalue weighted by atomic mass is 16.5. The second-order valence-corrected chi connectivity index (χ2v) is 4.78. The van der Waals surface area contributed by atoms with Gasteiger partial charge in [-0.2, -0.15) is 0 Å². The van der Waals surface area contributed by atoms with Gasteiger partial charge < -0.3 is 14.8 Å². The molecule has 1 aliphatic carbocycles. The van der Waals surface area contributed by atoms with Crippen molar-refractivity contribution in [2.75, 3.05) is 25.6 Å². The summed E-state index contributed by atoms with van der Waals surface area (Å²) in [5, 5.41) is 3.24. The maximum Gasteiger partial charge on any atom is 0.160 e. The average Bonchev–Trinajstić information content (AvgIpc) is 3.21. The van der Waals surface area contributed by atoms with Crippen molar-refractivity contribution in [3.05, 3.63) is 17.6 Å². The summed E-state index contributed by atoms with van der Waals surface area (Å²) in [7, 11) is 1.68. The fourth-order valence-electron chi connectivity index (χ4n) is 2.14. The number of hydrogen-bond donors (Lipinski definition) is 1. The lowest BCUT2D eigenvalue weighted by atomic mass is 10.2. The van der Waals surface area contributed by atoms with Crippen LogP contribution in [0.4, 0.5) is 5.82 Å². The molecule has 1 aromatic rings. The van der Waals surface area contributed by atoms with Gasteiger partial charge in [-0.25, -0.2) is 9.97 Å². The fourth-order valence-corrected chi connectivity index (χ4v) is 2.14. The van der Waals surface area contributed by atoms with E-state index in [1.54, 1.807) is 7.11 Å². The van der Waals surface area contributed by atoms with Gasteiger partial charge in [0.15, 0.2) is 5.82 Å². The zero-order valence-electron chi connectivity index (χ0n) is 12.0. The predicted molar refractivity (Wildman–Crippen MR) is 74.0 cm³/mol. The average molecular weight is 265 g/mol. The SMILES string of the molecule is CCNc1cc(COC)nc(C(OCC)C2CC2)n1. The Kier molecular flexibility index (Phi) is 5.10. The van der Waals surface area contributed by atoms with Gasteiger partial charge in [0.05, 0.1) is 12.3 Å². The van der Waals surface area contributed by atoms with Crippen molar-refractivity contribution in [1.29, 1.82) is 0 Å². The van der Waals surface area contributed by atoms with Gasteiger partial charge in [0.25, 0.3) is 0 Å². The van der Waals surface area contributed by atoms with Gasteiger partial charge >= 0.3 is 0 Å². The molecule has 0 bridgehead atoms. The summed E-state index contributed by atoms with van der Waals surface area (Å²) in [6.45, 7) is 6.09. The van der Waals surface area contributed by atoms with E-state index in [1.165, 1.54) is 12.8 Å². The molecule has 19 heavy (non-hydrogen) atoms. The quantitative estimate of drug-likeness (QED) is 0.782. The third-order valence-corrected chi connectivity index (χ3v) is 3.10. The molecular weight excluding hydrogens is 242 g/mol. The summed E-state index contributed by atoms with van der Waals surface area (Å²) in [6, 6.07) is 1.94. The Morgan fingerprint density at radius 2 is 2.16 bits per heavy atom. The molecule has 106 valence electrons. The van der Waals surface area contributed by atoms with Crippen molar-refractivity contribution >= 4 is 5.82 Å².